The van der Waals surface area contributed by atoms with Crippen LogP contribution in [0, 0.1) is 0 Å². The molecular formula is C26H32N2O4. The Morgan fingerprint density at radius 2 is 1.59 bits per heavy atom. The summed E-state index contributed by atoms with van der Waals surface area (Å²) in [6.45, 7) is 8.36. The second-order valence-corrected chi connectivity index (χ2v) is 9.89. The lowest BCUT2D eigenvalue weighted by molar-refractivity contribution is -0.151. The molecule has 4 rings (SSSR count). The first kappa shape index (κ1) is 22.3. The molecular weight excluding hydrogens is 404 g/mol. The molecule has 1 saturated heterocycles. The molecule has 2 aromatic carbocycles. The van der Waals surface area contributed by atoms with E-state index in [2.05, 4.69) is 5.32 Å². The van der Waals surface area contributed by atoms with E-state index in [4.69, 9.17) is 9.47 Å². The van der Waals surface area contributed by atoms with Gasteiger partial charge in [-0.25, -0.2) is 4.79 Å². The van der Waals surface area contributed by atoms with E-state index >= 15 is 0 Å². The molecule has 2 aliphatic rings. The van der Waals surface area contributed by atoms with Crippen LogP contribution in [0.15, 0.2) is 54.6 Å². The number of nitrogens with one attached hydrogen (secondary N) is 1. The minimum atomic E-state index is -1.07. The van der Waals surface area contributed by atoms with Gasteiger partial charge in [0.25, 0.3) is 0 Å². The largest absolute Gasteiger partial charge is 0.444 e. The standard InChI is InChI=1S/C26H32N2O4/c1-18-16-28(17-22(31-18)19-10-6-5-7-11-19)23(29)26(27-24(30)32-25(2,3)4)14-20-12-8-9-13-21(20)15-26/h5-13,18,22H,14-17H2,1-4H3,(H,27,30)/t18-,22+/m1/s1. The predicted molar refractivity (Wildman–Crippen MR) is 122 cm³/mol. The van der Waals surface area contributed by atoms with Crippen molar-refractivity contribution in [3.63, 3.8) is 0 Å². The van der Waals surface area contributed by atoms with Crippen LogP contribution in [-0.4, -0.2) is 47.2 Å². The van der Waals surface area contributed by atoms with Crippen LogP contribution in [0.3, 0.4) is 0 Å². The van der Waals surface area contributed by atoms with E-state index < -0.39 is 17.2 Å². The highest BCUT2D eigenvalue weighted by Gasteiger charge is 2.49. The molecule has 1 fully saturated rings. The summed E-state index contributed by atoms with van der Waals surface area (Å²) in [5.41, 5.74) is 1.49. The highest BCUT2D eigenvalue weighted by Crippen LogP contribution is 2.34. The van der Waals surface area contributed by atoms with Crippen molar-refractivity contribution < 1.29 is 19.1 Å². The molecule has 6 heteroatoms. The quantitative estimate of drug-likeness (QED) is 0.789. The van der Waals surface area contributed by atoms with Crippen LogP contribution in [-0.2, 0) is 27.1 Å². The van der Waals surface area contributed by atoms with Gasteiger partial charge in [0.1, 0.15) is 17.2 Å². The molecule has 1 N–H and O–H groups in total. The average Bonchev–Trinajstić information content (AvgIpc) is 3.11. The van der Waals surface area contributed by atoms with Crippen molar-refractivity contribution >= 4 is 12.0 Å². The number of carbonyl (C=O) groups excluding carboxylic acids is 2. The smallest absolute Gasteiger partial charge is 0.408 e. The zero-order valence-corrected chi connectivity index (χ0v) is 19.3. The first-order chi connectivity index (χ1) is 15.2. The second kappa shape index (κ2) is 8.58. The Morgan fingerprint density at radius 3 is 2.19 bits per heavy atom. The predicted octanol–water partition coefficient (Wildman–Crippen LogP) is 4.04. The first-order valence-corrected chi connectivity index (χ1v) is 11.2. The minimum Gasteiger partial charge on any atom is -0.444 e. The van der Waals surface area contributed by atoms with E-state index in [1.165, 1.54) is 0 Å². The number of benzene rings is 2. The van der Waals surface area contributed by atoms with E-state index in [0.29, 0.717) is 25.9 Å². The number of carbonyl (C=O) groups is 2. The Kier molecular flexibility index (Phi) is 5.99. The summed E-state index contributed by atoms with van der Waals surface area (Å²) in [6, 6.07) is 17.9. The maximum absolute atomic E-state index is 14.0. The van der Waals surface area contributed by atoms with Gasteiger partial charge in [-0.15, -0.1) is 0 Å². The molecule has 0 unspecified atom stereocenters. The zero-order valence-electron chi connectivity index (χ0n) is 19.3. The van der Waals surface area contributed by atoms with E-state index in [1.54, 1.807) is 0 Å². The Hall–Kier alpha value is -2.86. The second-order valence-electron chi connectivity index (χ2n) is 9.89. The number of hydrogen-bond acceptors (Lipinski definition) is 4. The van der Waals surface area contributed by atoms with Gasteiger partial charge in [0.05, 0.1) is 12.6 Å². The number of rotatable bonds is 3. The molecule has 2 amide bonds. The van der Waals surface area contributed by atoms with Gasteiger partial charge in [0.15, 0.2) is 0 Å². The number of ether oxygens (including phenoxy) is 2. The number of alkyl carbamates (subject to hydrolysis) is 1. The molecule has 2 aromatic rings. The Balaban J connectivity index is 1.61. The number of amides is 2. The van der Waals surface area contributed by atoms with Crippen LogP contribution in [0.5, 0.6) is 0 Å². The third-order valence-electron chi connectivity index (χ3n) is 5.97. The molecule has 1 aliphatic carbocycles. The summed E-state index contributed by atoms with van der Waals surface area (Å²) >= 11 is 0. The minimum absolute atomic E-state index is 0.0874. The van der Waals surface area contributed by atoms with Gasteiger partial charge in [-0.1, -0.05) is 54.6 Å². The third kappa shape index (κ3) is 4.80. The van der Waals surface area contributed by atoms with Crippen LogP contribution in [0.2, 0.25) is 0 Å². The molecule has 0 aromatic heterocycles. The van der Waals surface area contributed by atoms with Crippen molar-refractivity contribution in [2.75, 3.05) is 13.1 Å². The van der Waals surface area contributed by atoms with Gasteiger partial charge in [-0.2, -0.15) is 0 Å². The Labute approximate surface area is 189 Å². The summed E-state index contributed by atoms with van der Waals surface area (Å²) in [4.78, 5) is 28.6. The van der Waals surface area contributed by atoms with E-state index in [9.17, 15) is 9.59 Å². The Morgan fingerprint density at radius 1 is 1.00 bits per heavy atom. The van der Waals surface area contributed by atoms with Crippen LogP contribution < -0.4 is 5.32 Å². The van der Waals surface area contributed by atoms with Crippen molar-refractivity contribution in [3.8, 4) is 0 Å². The summed E-state index contributed by atoms with van der Waals surface area (Å²) in [6.07, 6.45) is 0.0116. The molecule has 0 bridgehead atoms. The average molecular weight is 437 g/mol. The number of fused-ring (bicyclic) bond motifs is 1. The molecule has 1 heterocycles. The molecule has 0 spiro atoms. The van der Waals surface area contributed by atoms with Gasteiger partial charge in [0, 0.05) is 19.4 Å². The topological polar surface area (TPSA) is 67.9 Å². The molecule has 170 valence electrons. The van der Waals surface area contributed by atoms with E-state index in [-0.39, 0.29) is 18.1 Å². The third-order valence-corrected chi connectivity index (χ3v) is 5.97. The van der Waals surface area contributed by atoms with E-state index in [1.807, 2.05) is 87.2 Å². The van der Waals surface area contributed by atoms with Gasteiger partial charge >= 0.3 is 6.09 Å². The maximum Gasteiger partial charge on any atom is 0.408 e. The molecule has 2 atom stereocenters. The van der Waals surface area contributed by atoms with Crippen molar-refractivity contribution in [1.82, 2.24) is 10.2 Å². The maximum atomic E-state index is 14.0. The monoisotopic (exact) mass is 436 g/mol. The summed E-state index contributed by atoms with van der Waals surface area (Å²) in [5, 5.41) is 2.97. The fraction of sp³-hybridized carbons (Fsp3) is 0.462. The van der Waals surface area contributed by atoms with Gasteiger partial charge in [-0.05, 0) is 44.4 Å². The van der Waals surface area contributed by atoms with Crippen LogP contribution in [0.1, 0.15) is 50.5 Å². The van der Waals surface area contributed by atoms with Crippen LogP contribution in [0.25, 0.3) is 0 Å². The lowest BCUT2D eigenvalue weighted by atomic mass is 9.92. The zero-order chi connectivity index (χ0) is 22.9. The molecule has 0 radical (unpaired) electrons. The molecule has 32 heavy (non-hydrogen) atoms. The van der Waals surface area contributed by atoms with Gasteiger partial charge in [-0.3, -0.25) is 4.79 Å². The first-order valence-electron chi connectivity index (χ1n) is 11.2. The van der Waals surface area contributed by atoms with Crippen molar-refractivity contribution in [3.05, 3.63) is 71.3 Å². The lowest BCUT2D eigenvalue weighted by Gasteiger charge is -2.41. The highest BCUT2D eigenvalue weighted by molar-refractivity contribution is 5.92. The summed E-state index contributed by atoms with van der Waals surface area (Å²) in [7, 11) is 0. The number of morpholine rings is 1. The van der Waals surface area contributed by atoms with Crippen LogP contribution >= 0.6 is 0 Å². The lowest BCUT2D eigenvalue weighted by Crippen LogP contribution is -2.63. The van der Waals surface area contributed by atoms with E-state index in [0.717, 1.165) is 16.7 Å². The molecule has 6 nitrogen and oxygen atoms in total. The fourth-order valence-corrected chi connectivity index (χ4v) is 4.68. The van der Waals surface area contributed by atoms with Crippen LogP contribution in [0.4, 0.5) is 4.79 Å². The summed E-state index contributed by atoms with van der Waals surface area (Å²) in [5.74, 6) is -0.0874. The van der Waals surface area contributed by atoms with Crippen molar-refractivity contribution in [2.24, 2.45) is 0 Å². The van der Waals surface area contributed by atoms with Crippen molar-refractivity contribution in [1.29, 1.82) is 0 Å². The number of hydrogen-bond donors (Lipinski definition) is 1. The summed E-state index contributed by atoms with van der Waals surface area (Å²) < 4.78 is 11.7. The number of nitrogens with zero attached hydrogens (tertiary/aromatic N) is 1. The van der Waals surface area contributed by atoms with Gasteiger partial charge in [0.2, 0.25) is 5.91 Å². The Bertz CT molecular complexity index is 958. The highest BCUT2D eigenvalue weighted by atomic mass is 16.6. The normalized spacial score (nSPS) is 22.2. The van der Waals surface area contributed by atoms with Crippen molar-refractivity contribution in [2.45, 2.75) is 63.9 Å². The fourth-order valence-electron chi connectivity index (χ4n) is 4.68. The SMILES string of the molecule is C[C@@H]1CN(C(=O)C2(NC(=O)OC(C)(C)C)Cc3ccccc3C2)C[C@@H](c2ccccc2)O1. The molecule has 0 saturated carbocycles. The molecule has 1 aliphatic heterocycles. The van der Waals surface area contributed by atoms with Gasteiger partial charge < -0.3 is 19.7 Å².